The number of amides is 1. The van der Waals surface area contributed by atoms with Gasteiger partial charge in [0.25, 0.3) is 0 Å². The fraction of sp³-hybridized carbons (Fsp3) is 0.364. The Bertz CT molecular complexity index is 366. The summed E-state index contributed by atoms with van der Waals surface area (Å²) < 4.78 is 0. The lowest BCUT2D eigenvalue weighted by molar-refractivity contribution is -0.121. The molecule has 1 N–H and O–H groups in total. The van der Waals surface area contributed by atoms with Crippen LogP contribution in [0.1, 0.15) is 31.9 Å². The first-order chi connectivity index (χ1) is 7.04. The van der Waals surface area contributed by atoms with Crippen LogP contribution in [0.2, 0.25) is 10.0 Å². The summed E-state index contributed by atoms with van der Waals surface area (Å²) in [5.41, 5.74) is 0.878. The summed E-state index contributed by atoms with van der Waals surface area (Å²) in [4.78, 5) is 11.2. The maximum atomic E-state index is 11.2. The Labute approximate surface area is 99.6 Å². The number of halogens is 2. The second-order valence-corrected chi connectivity index (χ2v) is 4.15. The Balaban J connectivity index is 2.82. The SMILES string of the molecule is CCC(=O)NC(C)c1ccc(Cl)cc1Cl. The highest BCUT2D eigenvalue weighted by Gasteiger charge is 2.11. The first kappa shape index (κ1) is 12.3. The molecule has 0 saturated carbocycles. The molecule has 0 radical (unpaired) electrons. The lowest BCUT2D eigenvalue weighted by Gasteiger charge is -2.15. The first-order valence-electron chi connectivity index (χ1n) is 4.79. The summed E-state index contributed by atoms with van der Waals surface area (Å²) >= 11 is 11.8. The molecule has 1 amide bonds. The Morgan fingerprint density at radius 2 is 2.13 bits per heavy atom. The molecule has 1 aromatic rings. The second-order valence-electron chi connectivity index (χ2n) is 3.31. The zero-order chi connectivity index (χ0) is 11.4. The van der Waals surface area contributed by atoms with Crippen LogP contribution in [0, 0.1) is 0 Å². The molecule has 82 valence electrons. The van der Waals surface area contributed by atoms with Gasteiger partial charge in [0.2, 0.25) is 5.91 Å². The van der Waals surface area contributed by atoms with Gasteiger partial charge >= 0.3 is 0 Å². The van der Waals surface area contributed by atoms with Crippen LogP contribution >= 0.6 is 23.2 Å². The van der Waals surface area contributed by atoms with Crippen molar-refractivity contribution in [2.24, 2.45) is 0 Å². The highest BCUT2D eigenvalue weighted by Crippen LogP contribution is 2.25. The third kappa shape index (κ3) is 3.40. The molecule has 0 heterocycles. The van der Waals surface area contributed by atoms with E-state index in [2.05, 4.69) is 5.32 Å². The van der Waals surface area contributed by atoms with Gasteiger partial charge < -0.3 is 5.32 Å². The van der Waals surface area contributed by atoms with Crippen molar-refractivity contribution in [3.8, 4) is 0 Å². The van der Waals surface area contributed by atoms with E-state index in [1.54, 1.807) is 12.1 Å². The number of benzene rings is 1. The fourth-order valence-electron chi connectivity index (χ4n) is 1.27. The number of carbonyl (C=O) groups excluding carboxylic acids is 1. The lowest BCUT2D eigenvalue weighted by atomic mass is 10.1. The van der Waals surface area contributed by atoms with Crippen molar-refractivity contribution in [2.75, 3.05) is 0 Å². The number of rotatable bonds is 3. The normalized spacial score (nSPS) is 12.3. The summed E-state index contributed by atoms with van der Waals surface area (Å²) in [6, 6.07) is 5.16. The second kappa shape index (κ2) is 5.38. The number of nitrogens with one attached hydrogen (secondary N) is 1. The van der Waals surface area contributed by atoms with Gasteiger partial charge in [-0.1, -0.05) is 36.2 Å². The number of carbonyl (C=O) groups is 1. The van der Waals surface area contributed by atoms with E-state index >= 15 is 0 Å². The van der Waals surface area contributed by atoms with Crippen molar-refractivity contribution in [3.63, 3.8) is 0 Å². The van der Waals surface area contributed by atoms with Crippen LogP contribution in [0.15, 0.2) is 18.2 Å². The Kier molecular flexibility index (Phi) is 4.43. The highest BCUT2D eigenvalue weighted by molar-refractivity contribution is 6.35. The zero-order valence-electron chi connectivity index (χ0n) is 8.68. The topological polar surface area (TPSA) is 29.1 Å². The Morgan fingerprint density at radius 1 is 1.47 bits per heavy atom. The van der Waals surface area contributed by atoms with Gasteiger partial charge in [-0.25, -0.2) is 0 Å². The van der Waals surface area contributed by atoms with Gasteiger partial charge in [-0.3, -0.25) is 4.79 Å². The molecule has 0 bridgehead atoms. The van der Waals surface area contributed by atoms with Crippen LogP contribution in [0.25, 0.3) is 0 Å². The molecule has 0 saturated heterocycles. The van der Waals surface area contributed by atoms with Gasteiger partial charge in [-0.2, -0.15) is 0 Å². The van der Waals surface area contributed by atoms with Crippen LogP contribution in [0.5, 0.6) is 0 Å². The van der Waals surface area contributed by atoms with E-state index in [0.717, 1.165) is 5.56 Å². The fourth-order valence-corrected chi connectivity index (χ4v) is 1.85. The van der Waals surface area contributed by atoms with Gasteiger partial charge in [0.15, 0.2) is 0 Å². The largest absolute Gasteiger partial charge is 0.350 e. The van der Waals surface area contributed by atoms with Gasteiger partial charge in [0, 0.05) is 16.5 Å². The quantitative estimate of drug-likeness (QED) is 0.867. The van der Waals surface area contributed by atoms with E-state index in [1.165, 1.54) is 0 Å². The van der Waals surface area contributed by atoms with Crippen molar-refractivity contribution in [2.45, 2.75) is 26.3 Å². The summed E-state index contributed by atoms with van der Waals surface area (Å²) in [5.74, 6) is 0.00789. The first-order valence-corrected chi connectivity index (χ1v) is 5.54. The van der Waals surface area contributed by atoms with Crippen LogP contribution in [-0.2, 0) is 4.79 Å². The highest BCUT2D eigenvalue weighted by atomic mass is 35.5. The maximum Gasteiger partial charge on any atom is 0.220 e. The monoisotopic (exact) mass is 245 g/mol. The predicted molar refractivity (Wildman–Crippen MR) is 63.3 cm³/mol. The van der Waals surface area contributed by atoms with Gasteiger partial charge in [0.05, 0.1) is 6.04 Å². The molecule has 4 heteroatoms. The minimum absolute atomic E-state index is 0.00789. The third-order valence-corrected chi connectivity index (χ3v) is 2.69. The summed E-state index contributed by atoms with van der Waals surface area (Å²) in [6.45, 7) is 3.70. The average Bonchev–Trinajstić information content (AvgIpc) is 2.17. The molecule has 0 aliphatic rings. The van der Waals surface area contributed by atoms with E-state index in [-0.39, 0.29) is 11.9 Å². The van der Waals surface area contributed by atoms with Crippen molar-refractivity contribution in [1.29, 1.82) is 0 Å². The molecule has 1 rings (SSSR count). The minimum atomic E-state index is -0.0952. The minimum Gasteiger partial charge on any atom is -0.350 e. The standard InChI is InChI=1S/C11H13Cl2NO/c1-3-11(15)14-7(2)9-5-4-8(12)6-10(9)13/h4-7H,3H2,1-2H3,(H,14,15). The maximum absolute atomic E-state index is 11.2. The summed E-state index contributed by atoms with van der Waals surface area (Å²) in [5, 5.41) is 4.01. The van der Waals surface area contributed by atoms with Crippen molar-refractivity contribution >= 4 is 29.1 Å². The van der Waals surface area contributed by atoms with Crippen molar-refractivity contribution in [1.82, 2.24) is 5.32 Å². The third-order valence-electron chi connectivity index (χ3n) is 2.13. The molecule has 1 aromatic carbocycles. The molecule has 15 heavy (non-hydrogen) atoms. The Morgan fingerprint density at radius 3 is 2.67 bits per heavy atom. The van der Waals surface area contributed by atoms with Gasteiger partial charge in [-0.15, -0.1) is 0 Å². The molecule has 0 aliphatic heterocycles. The molecule has 0 fully saturated rings. The van der Waals surface area contributed by atoms with Crippen LogP contribution in [0.4, 0.5) is 0 Å². The smallest absolute Gasteiger partial charge is 0.220 e. The van der Waals surface area contributed by atoms with E-state index in [4.69, 9.17) is 23.2 Å². The van der Waals surface area contributed by atoms with Gasteiger partial charge in [-0.05, 0) is 24.6 Å². The van der Waals surface area contributed by atoms with Crippen LogP contribution in [-0.4, -0.2) is 5.91 Å². The molecule has 0 spiro atoms. The molecular formula is C11H13Cl2NO. The van der Waals surface area contributed by atoms with Crippen molar-refractivity contribution < 1.29 is 4.79 Å². The molecule has 1 atom stereocenters. The predicted octanol–water partition coefficient (Wildman–Crippen LogP) is 3.58. The van der Waals surface area contributed by atoms with Crippen molar-refractivity contribution in [3.05, 3.63) is 33.8 Å². The molecule has 0 aliphatic carbocycles. The Hall–Kier alpha value is -0.730. The summed E-state index contributed by atoms with van der Waals surface area (Å²) in [7, 11) is 0. The van der Waals surface area contributed by atoms with E-state index in [9.17, 15) is 4.79 Å². The van der Waals surface area contributed by atoms with Crippen LogP contribution < -0.4 is 5.32 Å². The molecule has 0 aromatic heterocycles. The van der Waals surface area contributed by atoms with E-state index in [1.807, 2.05) is 19.9 Å². The van der Waals surface area contributed by atoms with E-state index < -0.39 is 0 Å². The number of hydrogen-bond acceptors (Lipinski definition) is 1. The molecule has 2 nitrogen and oxygen atoms in total. The van der Waals surface area contributed by atoms with Gasteiger partial charge in [0.1, 0.15) is 0 Å². The van der Waals surface area contributed by atoms with Crippen LogP contribution in [0.3, 0.4) is 0 Å². The molecular weight excluding hydrogens is 233 g/mol. The average molecular weight is 246 g/mol. The molecule has 1 unspecified atom stereocenters. The lowest BCUT2D eigenvalue weighted by Crippen LogP contribution is -2.25. The summed E-state index contributed by atoms with van der Waals surface area (Å²) in [6.07, 6.45) is 0.468. The number of hydrogen-bond donors (Lipinski definition) is 1. The zero-order valence-corrected chi connectivity index (χ0v) is 10.2. The van der Waals surface area contributed by atoms with E-state index in [0.29, 0.717) is 16.5 Å².